The average Bonchev–Trinajstić information content (AvgIpc) is 2.62. The van der Waals surface area contributed by atoms with Crippen molar-refractivity contribution in [3.8, 4) is 5.75 Å². The zero-order valence-corrected chi connectivity index (χ0v) is 14.5. The van der Waals surface area contributed by atoms with Crippen LogP contribution in [0.3, 0.4) is 0 Å². The molecule has 0 spiro atoms. The molecule has 1 heterocycles. The Balaban J connectivity index is 1.60. The summed E-state index contributed by atoms with van der Waals surface area (Å²) in [5.41, 5.74) is 2.83. The second-order valence-electron chi connectivity index (χ2n) is 5.06. The number of ether oxygens (including phenoxy) is 1. The number of nitrogens with zero attached hydrogens (tertiary/aromatic N) is 1. The Morgan fingerprint density at radius 3 is 2.92 bits per heavy atom. The Bertz CT molecular complexity index is 998. The smallest absolute Gasteiger partial charge is 0.277 e. The predicted octanol–water partition coefficient (Wildman–Crippen LogP) is 3.08. The first-order valence-electron chi connectivity index (χ1n) is 7.34. The highest BCUT2D eigenvalue weighted by Gasteiger charge is 2.05. The number of hydrogen-bond acceptors (Lipinski definition) is 5. The number of rotatable bonds is 5. The van der Waals surface area contributed by atoms with Gasteiger partial charge in [0.1, 0.15) is 17.6 Å². The second kappa shape index (κ2) is 7.76. The van der Waals surface area contributed by atoms with Gasteiger partial charge in [0.15, 0.2) is 6.61 Å². The van der Waals surface area contributed by atoms with Crippen molar-refractivity contribution in [1.29, 1.82) is 0 Å². The van der Waals surface area contributed by atoms with Crippen LogP contribution in [-0.2, 0) is 4.79 Å². The van der Waals surface area contributed by atoms with Gasteiger partial charge in [0, 0.05) is 4.47 Å². The van der Waals surface area contributed by atoms with Gasteiger partial charge in [-0.1, -0.05) is 34.1 Å². The molecule has 0 aliphatic rings. The maximum atomic E-state index is 12.3. The Labute approximate surface area is 151 Å². The third-order valence-corrected chi connectivity index (χ3v) is 3.76. The quantitative estimate of drug-likeness (QED) is 0.526. The van der Waals surface area contributed by atoms with Crippen LogP contribution in [0.1, 0.15) is 5.56 Å². The fraction of sp³-hybridized carbons (Fsp3) is 0.0556. The molecule has 0 unspecified atom stereocenters. The first kappa shape index (κ1) is 16.9. The minimum absolute atomic E-state index is 0.194. The molecule has 0 aliphatic heterocycles. The average molecular weight is 401 g/mol. The first-order chi connectivity index (χ1) is 12.1. The Morgan fingerprint density at radius 1 is 1.24 bits per heavy atom. The van der Waals surface area contributed by atoms with E-state index in [0.29, 0.717) is 16.7 Å². The third-order valence-electron chi connectivity index (χ3n) is 3.27. The highest BCUT2D eigenvalue weighted by molar-refractivity contribution is 9.10. The number of hydrazone groups is 1. The molecule has 0 saturated carbocycles. The monoisotopic (exact) mass is 400 g/mol. The lowest BCUT2D eigenvalue weighted by atomic mass is 10.2. The van der Waals surface area contributed by atoms with Crippen LogP contribution in [0.25, 0.3) is 11.0 Å². The number of halogens is 1. The lowest BCUT2D eigenvalue weighted by Crippen LogP contribution is -2.25. The summed E-state index contributed by atoms with van der Waals surface area (Å²) < 4.78 is 11.6. The molecule has 6 nitrogen and oxygen atoms in total. The maximum absolute atomic E-state index is 12.3. The van der Waals surface area contributed by atoms with Gasteiger partial charge >= 0.3 is 0 Å². The summed E-state index contributed by atoms with van der Waals surface area (Å²) in [6, 6.07) is 14.0. The van der Waals surface area contributed by atoms with E-state index in [-0.39, 0.29) is 17.6 Å². The van der Waals surface area contributed by atoms with Crippen LogP contribution in [0.2, 0.25) is 0 Å². The Kier molecular flexibility index (Phi) is 5.25. The molecular formula is C18H13BrN2O4. The molecule has 1 amide bonds. The molecule has 0 aliphatic carbocycles. The predicted molar refractivity (Wildman–Crippen MR) is 97.9 cm³/mol. The number of carbonyl (C=O) groups excluding carboxylic acids is 1. The van der Waals surface area contributed by atoms with Crippen molar-refractivity contribution >= 4 is 39.0 Å². The zero-order chi connectivity index (χ0) is 17.6. The van der Waals surface area contributed by atoms with Crippen molar-refractivity contribution in [2.24, 2.45) is 5.10 Å². The summed E-state index contributed by atoms with van der Waals surface area (Å²) in [7, 11) is 0. The molecule has 2 aromatic carbocycles. The van der Waals surface area contributed by atoms with Gasteiger partial charge < -0.3 is 9.15 Å². The molecule has 1 aromatic heterocycles. The van der Waals surface area contributed by atoms with Crippen molar-refractivity contribution in [1.82, 2.24) is 5.43 Å². The van der Waals surface area contributed by atoms with E-state index in [2.05, 4.69) is 26.5 Å². The van der Waals surface area contributed by atoms with Crippen molar-refractivity contribution in [3.05, 3.63) is 75.1 Å². The van der Waals surface area contributed by atoms with Crippen LogP contribution < -0.4 is 15.6 Å². The van der Waals surface area contributed by atoms with E-state index in [9.17, 15) is 9.59 Å². The van der Waals surface area contributed by atoms with E-state index in [1.807, 2.05) is 6.07 Å². The van der Waals surface area contributed by atoms with Gasteiger partial charge in [-0.3, -0.25) is 9.59 Å². The highest BCUT2D eigenvalue weighted by Crippen LogP contribution is 2.17. The van der Waals surface area contributed by atoms with Gasteiger partial charge in [0.25, 0.3) is 5.91 Å². The van der Waals surface area contributed by atoms with Crippen LogP contribution in [0.4, 0.5) is 0 Å². The molecule has 0 radical (unpaired) electrons. The number of carbonyl (C=O) groups is 1. The lowest BCUT2D eigenvalue weighted by molar-refractivity contribution is -0.123. The van der Waals surface area contributed by atoms with Gasteiger partial charge in [-0.25, -0.2) is 5.43 Å². The number of amides is 1. The van der Waals surface area contributed by atoms with E-state index < -0.39 is 5.91 Å². The van der Waals surface area contributed by atoms with E-state index in [0.717, 1.165) is 4.47 Å². The molecule has 3 rings (SSSR count). The summed E-state index contributed by atoms with van der Waals surface area (Å²) in [6.07, 6.45) is 2.55. The summed E-state index contributed by atoms with van der Waals surface area (Å²) in [5.74, 6) is 0.116. The number of nitrogens with one attached hydrogen (secondary N) is 1. The van der Waals surface area contributed by atoms with Crippen molar-refractivity contribution in [2.75, 3.05) is 6.61 Å². The minimum atomic E-state index is -0.443. The van der Waals surface area contributed by atoms with Crippen LogP contribution in [0.5, 0.6) is 5.75 Å². The molecule has 3 aromatic rings. The van der Waals surface area contributed by atoms with Crippen molar-refractivity contribution < 1.29 is 13.9 Å². The van der Waals surface area contributed by atoms with Crippen molar-refractivity contribution in [2.45, 2.75) is 0 Å². The van der Waals surface area contributed by atoms with Gasteiger partial charge in [-0.15, -0.1) is 0 Å². The van der Waals surface area contributed by atoms with E-state index >= 15 is 0 Å². The molecular weight excluding hydrogens is 388 g/mol. The van der Waals surface area contributed by atoms with E-state index in [1.165, 1.54) is 12.5 Å². The van der Waals surface area contributed by atoms with Crippen LogP contribution in [-0.4, -0.2) is 18.7 Å². The van der Waals surface area contributed by atoms with Gasteiger partial charge in [-0.2, -0.15) is 5.10 Å². The SMILES string of the molecule is O=C(COc1cccc(Br)c1)N/N=C\c1coc2ccccc2c1=O. The number of hydrogen-bond donors (Lipinski definition) is 1. The van der Waals surface area contributed by atoms with Crippen LogP contribution in [0, 0.1) is 0 Å². The van der Waals surface area contributed by atoms with Crippen LogP contribution in [0.15, 0.2) is 73.6 Å². The molecule has 0 atom stereocenters. The molecule has 0 fully saturated rings. The topological polar surface area (TPSA) is 80.9 Å². The largest absolute Gasteiger partial charge is 0.484 e. The van der Waals surface area contributed by atoms with E-state index in [1.54, 1.807) is 42.5 Å². The van der Waals surface area contributed by atoms with Crippen molar-refractivity contribution in [3.63, 3.8) is 0 Å². The minimum Gasteiger partial charge on any atom is -0.484 e. The molecule has 1 N–H and O–H groups in total. The summed E-state index contributed by atoms with van der Waals surface area (Å²) in [4.78, 5) is 24.0. The Morgan fingerprint density at radius 2 is 2.08 bits per heavy atom. The first-order valence-corrected chi connectivity index (χ1v) is 8.13. The lowest BCUT2D eigenvalue weighted by Gasteiger charge is -2.05. The van der Waals surface area contributed by atoms with Gasteiger partial charge in [-0.05, 0) is 30.3 Å². The maximum Gasteiger partial charge on any atom is 0.277 e. The van der Waals surface area contributed by atoms with Gasteiger partial charge in [0.2, 0.25) is 5.43 Å². The second-order valence-corrected chi connectivity index (χ2v) is 5.97. The third kappa shape index (κ3) is 4.33. The molecule has 0 bridgehead atoms. The zero-order valence-electron chi connectivity index (χ0n) is 12.9. The normalized spacial score (nSPS) is 10.9. The van der Waals surface area contributed by atoms with Crippen LogP contribution >= 0.6 is 15.9 Å². The number of benzene rings is 2. The molecule has 7 heteroatoms. The molecule has 0 saturated heterocycles. The summed E-state index contributed by atoms with van der Waals surface area (Å²) in [5, 5.41) is 4.22. The molecule has 126 valence electrons. The summed E-state index contributed by atoms with van der Waals surface area (Å²) in [6.45, 7) is -0.194. The van der Waals surface area contributed by atoms with Gasteiger partial charge in [0.05, 0.1) is 17.2 Å². The van der Waals surface area contributed by atoms with E-state index in [4.69, 9.17) is 9.15 Å². The molecule has 25 heavy (non-hydrogen) atoms. The fourth-order valence-electron chi connectivity index (χ4n) is 2.09. The highest BCUT2D eigenvalue weighted by atomic mass is 79.9. The number of para-hydroxylation sites is 1. The standard InChI is InChI=1S/C18H13BrN2O4/c19-13-4-3-5-14(8-13)24-11-17(22)21-20-9-12-10-25-16-7-2-1-6-15(16)18(12)23/h1-10H,11H2,(H,21,22)/b20-9-. The Hall–Kier alpha value is -2.93. The number of fused-ring (bicyclic) bond motifs is 1. The fourth-order valence-corrected chi connectivity index (χ4v) is 2.47. The summed E-state index contributed by atoms with van der Waals surface area (Å²) >= 11 is 3.32.